The molecule has 2 N–H and O–H groups in total. The Morgan fingerprint density at radius 1 is 1.24 bits per heavy atom. The summed E-state index contributed by atoms with van der Waals surface area (Å²) in [6, 6.07) is 4.87. The normalized spacial score (nSPS) is 13.3. The molecule has 0 aromatic heterocycles. The van der Waals surface area contributed by atoms with Gasteiger partial charge in [-0.05, 0) is 37.1 Å². The highest BCUT2D eigenvalue weighted by Crippen LogP contribution is 2.21. The van der Waals surface area contributed by atoms with Gasteiger partial charge in [0.05, 0.1) is 4.90 Å². The van der Waals surface area contributed by atoms with Crippen LogP contribution in [-0.2, 0) is 16.6 Å². The molecule has 21 heavy (non-hydrogen) atoms. The average molecular weight is 333 g/mol. The van der Waals surface area contributed by atoms with Gasteiger partial charge in [-0.2, -0.15) is 0 Å². The van der Waals surface area contributed by atoms with E-state index in [9.17, 15) is 8.42 Å². The van der Waals surface area contributed by atoms with Gasteiger partial charge < -0.3 is 5.32 Å². The van der Waals surface area contributed by atoms with Gasteiger partial charge >= 0.3 is 0 Å². The molecule has 4 nitrogen and oxygen atoms in total. The summed E-state index contributed by atoms with van der Waals surface area (Å²) in [5.41, 5.74) is 0.901. The maximum Gasteiger partial charge on any atom is 0.240 e. The number of hydrogen-bond donors (Lipinski definition) is 2. The zero-order valence-corrected chi connectivity index (χ0v) is 14.5. The van der Waals surface area contributed by atoms with Crippen molar-refractivity contribution in [2.75, 3.05) is 6.54 Å². The number of rotatable bonds is 9. The largest absolute Gasteiger partial charge is 0.313 e. The van der Waals surface area contributed by atoms with Crippen LogP contribution in [0.25, 0.3) is 0 Å². The van der Waals surface area contributed by atoms with Crippen molar-refractivity contribution in [2.45, 2.75) is 57.5 Å². The molecule has 0 aliphatic heterocycles. The lowest BCUT2D eigenvalue weighted by Crippen LogP contribution is -2.34. The van der Waals surface area contributed by atoms with Crippen molar-refractivity contribution in [3.05, 3.63) is 28.8 Å². The molecule has 0 saturated carbocycles. The summed E-state index contributed by atoms with van der Waals surface area (Å²) in [6.45, 7) is 7.51. The summed E-state index contributed by atoms with van der Waals surface area (Å²) in [6.07, 6.45) is 2.56. The van der Waals surface area contributed by atoms with Gasteiger partial charge in [-0.1, -0.05) is 44.9 Å². The molecule has 1 aromatic carbocycles. The third-order valence-electron chi connectivity index (χ3n) is 3.35. The van der Waals surface area contributed by atoms with Crippen LogP contribution in [0.1, 0.15) is 45.6 Å². The molecule has 0 radical (unpaired) electrons. The first-order valence-electron chi connectivity index (χ1n) is 7.46. The van der Waals surface area contributed by atoms with Crippen LogP contribution in [0.15, 0.2) is 23.1 Å². The number of hydrogen-bond acceptors (Lipinski definition) is 3. The molecular formula is C15H25ClN2O2S. The second kappa shape index (κ2) is 8.73. The van der Waals surface area contributed by atoms with E-state index in [0.29, 0.717) is 11.6 Å². The Morgan fingerprint density at radius 2 is 1.95 bits per heavy atom. The van der Waals surface area contributed by atoms with Gasteiger partial charge in [-0.25, -0.2) is 13.1 Å². The minimum atomic E-state index is -3.51. The van der Waals surface area contributed by atoms with Crippen molar-refractivity contribution >= 4 is 21.6 Å². The molecule has 0 amide bonds. The zero-order chi connectivity index (χ0) is 15.9. The van der Waals surface area contributed by atoms with E-state index < -0.39 is 10.0 Å². The van der Waals surface area contributed by atoms with Crippen molar-refractivity contribution in [3.8, 4) is 0 Å². The standard InChI is InChI=1S/C15H25ClN2O2S/c1-4-7-13(5-2)18-21(19,20)14-9-8-12(11-17-6-3)15(16)10-14/h8-10,13,17-18H,4-7,11H2,1-3H3. The summed E-state index contributed by atoms with van der Waals surface area (Å²) in [7, 11) is -3.51. The van der Waals surface area contributed by atoms with Gasteiger partial charge in [0.2, 0.25) is 10.0 Å². The molecule has 1 aromatic rings. The van der Waals surface area contributed by atoms with Crippen molar-refractivity contribution < 1.29 is 8.42 Å². The quantitative estimate of drug-likeness (QED) is 0.729. The van der Waals surface area contributed by atoms with Gasteiger partial charge in [0.25, 0.3) is 0 Å². The molecule has 0 heterocycles. The molecule has 0 bridgehead atoms. The molecule has 1 unspecified atom stereocenters. The Labute approximate surface area is 133 Å². The number of sulfonamides is 1. The van der Waals surface area contributed by atoms with Crippen LogP contribution < -0.4 is 10.0 Å². The van der Waals surface area contributed by atoms with Crippen LogP contribution in [-0.4, -0.2) is 21.0 Å². The summed E-state index contributed by atoms with van der Waals surface area (Å²) in [4.78, 5) is 0.224. The van der Waals surface area contributed by atoms with Gasteiger partial charge in [0.15, 0.2) is 0 Å². The van der Waals surface area contributed by atoms with E-state index in [1.165, 1.54) is 6.07 Å². The first kappa shape index (κ1) is 18.4. The Bertz CT molecular complexity index is 547. The third-order valence-corrected chi connectivity index (χ3v) is 5.22. The Hall–Kier alpha value is -0.620. The smallest absolute Gasteiger partial charge is 0.240 e. The fourth-order valence-electron chi connectivity index (χ4n) is 2.08. The fraction of sp³-hybridized carbons (Fsp3) is 0.600. The van der Waals surface area contributed by atoms with E-state index in [1.54, 1.807) is 12.1 Å². The Balaban J connectivity index is 2.90. The number of nitrogens with one attached hydrogen (secondary N) is 2. The molecule has 120 valence electrons. The lowest BCUT2D eigenvalue weighted by Gasteiger charge is -2.16. The summed E-state index contributed by atoms with van der Waals surface area (Å²) < 4.78 is 27.5. The van der Waals surface area contributed by atoms with E-state index in [-0.39, 0.29) is 10.9 Å². The Morgan fingerprint density at radius 3 is 2.48 bits per heavy atom. The molecule has 0 fully saturated rings. The molecule has 1 atom stereocenters. The second-order valence-electron chi connectivity index (χ2n) is 5.05. The van der Waals surface area contributed by atoms with Crippen LogP contribution in [0.3, 0.4) is 0 Å². The number of halogens is 1. The molecule has 0 saturated heterocycles. The van der Waals surface area contributed by atoms with E-state index >= 15 is 0 Å². The van der Waals surface area contributed by atoms with Crippen LogP contribution in [0.4, 0.5) is 0 Å². The first-order chi connectivity index (χ1) is 9.94. The number of benzene rings is 1. The maximum atomic E-state index is 12.4. The van der Waals surface area contributed by atoms with Gasteiger partial charge in [0, 0.05) is 17.6 Å². The minimum absolute atomic E-state index is 0.0276. The van der Waals surface area contributed by atoms with Gasteiger partial charge in [0.1, 0.15) is 0 Å². The second-order valence-corrected chi connectivity index (χ2v) is 7.17. The van der Waals surface area contributed by atoms with E-state index in [2.05, 4.69) is 10.0 Å². The molecule has 0 aliphatic rings. The fourth-order valence-corrected chi connectivity index (χ4v) is 3.77. The summed E-state index contributed by atoms with van der Waals surface area (Å²) >= 11 is 6.17. The van der Waals surface area contributed by atoms with Crippen molar-refractivity contribution in [3.63, 3.8) is 0 Å². The highest BCUT2D eigenvalue weighted by atomic mass is 35.5. The van der Waals surface area contributed by atoms with Gasteiger partial charge in [-0.15, -0.1) is 0 Å². The summed E-state index contributed by atoms with van der Waals surface area (Å²) in [5, 5.41) is 3.65. The first-order valence-corrected chi connectivity index (χ1v) is 9.32. The minimum Gasteiger partial charge on any atom is -0.313 e. The van der Waals surface area contributed by atoms with Crippen LogP contribution >= 0.6 is 11.6 Å². The predicted molar refractivity (Wildman–Crippen MR) is 88.1 cm³/mol. The highest BCUT2D eigenvalue weighted by molar-refractivity contribution is 7.89. The lowest BCUT2D eigenvalue weighted by molar-refractivity contribution is 0.512. The predicted octanol–water partition coefficient (Wildman–Crippen LogP) is 3.31. The molecule has 1 rings (SSSR count). The van der Waals surface area contributed by atoms with Crippen molar-refractivity contribution in [1.82, 2.24) is 10.0 Å². The summed E-state index contributed by atoms with van der Waals surface area (Å²) in [5.74, 6) is 0. The molecule has 0 spiro atoms. The molecule has 6 heteroatoms. The topological polar surface area (TPSA) is 58.2 Å². The molecular weight excluding hydrogens is 308 g/mol. The van der Waals surface area contributed by atoms with Crippen LogP contribution in [0, 0.1) is 0 Å². The monoisotopic (exact) mass is 332 g/mol. The van der Waals surface area contributed by atoms with E-state index in [4.69, 9.17) is 11.6 Å². The van der Waals surface area contributed by atoms with Crippen molar-refractivity contribution in [1.29, 1.82) is 0 Å². The average Bonchev–Trinajstić information content (AvgIpc) is 2.45. The SMILES string of the molecule is CCCC(CC)NS(=O)(=O)c1ccc(CNCC)c(Cl)c1. The lowest BCUT2D eigenvalue weighted by atomic mass is 10.1. The van der Waals surface area contributed by atoms with Crippen LogP contribution in [0.5, 0.6) is 0 Å². The third kappa shape index (κ3) is 5.58. The van der Waals surface area contributed by atoms with E-state index in [1.807, 2.05) is 20.8 Å². The van der Waals surface area contributed by atoms with Crippen LogP contribution in [0.2, 0.25) is 5.02 Å². The van der Waals surface area contributed by atoms with Crippen molar-refractivity contribution in [2.24, 2.45) is 0 Å². The molecule has 0 aliphatic carbocycles. The Kier molecular flexibility index (Phi) is 7.66. The van der Waals surface area contributed by atoms with Gasteiger partial charge in [-0.3, -0.25) is 0 Å². The highest BCUT2D eigenvalue weighted by Gasteiger charge is 2.19. The maximum absolute atomic E-state index is 12.4. The van der Waals surface area contributed by atoms with E-state index in [0.717, 1.165) is 31.4 Å². The zero-order valence-electron chi connectivity index (χ0n) is 12.9.